The predicted octanol–water partition coefficient (Wildman–Crippen LogP) is 4.38. The van der Waals surface area contributed by atoms with Crippen LogP contribution in [0.25, 0.3) is 0 Å². The molecule has 1 heterocycles. The van der Waals surface area contributed by atoms with Gasteiger partial charge in [0, 0.05) is 11.3 Å². The predicted molar refractivity (Wildman–Crippen MR) is 123 cm³/mol. The molecule has 1 fully saturated rings. The average Bonchev–Trinajstić information content (AvgIpc) is 3.03. The minimum atomic E-state index is -0.928. The van der Waals surface area contributed by atoms with E-state index in [2.05, 4.69) is 10.6 Å². The summed E-state index contributed by atoms with van der Waals surface area (Å²) < 4.78 is 0. The molecule has 6 heteroatoms. The van der Waals surface area contributed by atoms with Crippen LogP contribution in [0.4, 0.5) is 10.5 Å². The van der Waals surface area contributed by atoms with Gasteiger partial charge in [-0.15, -0.1) is 0 Å². The number of carbonyl (C=O) groups is 3. The van der Waals surface area contributed by atoms with Crippen molar-refractivity contribution in [2.24, 2.45) is 0 Å². The minimum absolute atomic E-state index is 0.159. The molecule has 3 aromatic carbocycles. The standard InChI is InChI=1S/C26H25N3O3/c1-26(17-16-19-8-4-2-5-9-19)24(31)29(25(32)28-26)18-20-12-14-21(15-13-20)23(30)27-22-10-6-3-7-11-22/h2-15H,16-18H2,1H3,(H,27,30)(H,28,32)/t26-/m0/s1. The van der Waals surface area contributed by atoms with Gasteiger partial charge in [-0.2, -0.15) is 0 Å². The van der Waals surface area contributed by atoms with Crippen LogP contribution in [0.1, 0.15) is 34.8 Å². The molecule has 0 radical (unpaired) electrons. The number of nitrogens with one attached hydrogen (secondary N) is 2. The quantitative estimate of drug-likeness (QED) is 0.549. The van der Waals surface area contributed by atoms with Crippen LogP contribution in [0.3, 0.4) is 0 Å². The zero-order chi connectivity index (χ0) is 22.6. The summed E-state index contributed by atoms with van der Waals surface area (Å²) in [5.41, 5.74) is 2.19. The van der Waals surface area contributed by atoms with Crippen molar-refractivity contribution < 1.29 is 14.4 Å². The summed E-state index contributed by atoms with van der Waals surface area (Å²) in [6, 6.07) is 25.6. The normalized spacial score (nSPS) is 17.8. The van der Waals surface area contributed by atoms with E-state index in [9.17, 15) is 14.4 Å². The third-order valence-electron chi connectivity index (χ3n) is 5.69. The Morgan fingerprint density at radius 1 is 0.875 bits per heavy atom. The van der Waals surface area contributed by atoms with E-state index in [1.54, 1.807) is 31.2 Å². The monoisotopic (exact) mass is 427 g/mol. The lowest BCUT2D eigenvalue weighted by Crippen LogP contribution is -2.44. The number of aryl methyl sites for hydroxylation is 1. The molecule has 0 spiro atoms. The summed E-state index contributed by atoms with van der Waals surface area (Å²) in [6.45, 7) is 1.93. The maximum Gasteiger partial charge on any atom is 0.325 e. The first-order valence-corrected chi connectivity index (χ1v) is 10.6. The van der Waals surface area contributed by atoms with E-state index >= 15 is 0 Å². The fraction of sp³-hybridized carbons (Fsp3) is 0.192. The van der Waals surface area contributed by atoms with Crippen LogP contribution in [0.2, 0.25) is 0 Å². The molecule has 3 aromatic rings. The summed E-state index contributed by atoms with van der Waals surface area (Å²) in [7, 11) is 0. The van der Waals surface area contributed by atoms with Crippen LogP contribution >= 0.6 is 0 Å². The lowest BCUT2D eigenvalue weighted by atomic mass is 9.93. The van der Waals surface area contributed by atoms with Gasteiger partial charge in [0.2, 0.25) is 0 Å². The highest BCUT2D eigenvalue weighted by Gasteiger charge is 2.47. The number of anilines is 1. The molecule has 6 nitrogen and oxygen atoms in total. The second-order valence-corrected chi connectivity index (χ2v) is 8.16. The lowest BCUT2D eigenvalue weighted by Gasteiger charge is -2.21. The largest absolute Gasteiger partial charge is 0.325 e. The first-order chi connectivity index (χ1) is 15.4. The second kappa shape index (κ2) is 9.06. The Hall–Kier alpha value is -3.93. The minimum Gasteiger partial charge on any atom is -0.323 e. The number of amides is 4. The topological polar surface area (TPSA) is 78.5 Å². The maximum absolute atomic E-state index is 13.0. The van der Waals surface area contributed by atoms with Gasteiger partial charge in [-0.25, -0.2) is 4.79 Å². The molecule has 4 amide bonds. The van der Waals surface area contributed by atoms with Crippen LogP contribution in [0.5, 0.6) is 0 Å². The van der Waals surface area contributed by atoms with Crippen molar-refractivity contribution in [3.8, 4) is 0 Å². The number of nitrogens with zero attached hydrogens (tertiary/aromatic N) is 1. The van der Waals surface area contributed by atoms with Gasteiger partial charge in [-0.05, 0) is 55.2 Å². The van der Waals surface area contributed by atoms with Crippen molar-refractivity contribution in [2.45, 2.75) is 31.8 Å². The maximum atomic E-state index is 13.0. The van der Waals surface area contributed by atoms with Crippen molar-refractivity contribution in [3.05, 3.63) is 102 Å². The highest BCUT2D eigenvalue weighted by molar-refractivity contribution is 6.07. The number of para-hydroxylation sites is 1. The Bertz CT molecular complexity index is 1110. The Morgan fingerprint density at radius 2 is 1.50 bits per heavy atom. The molecule has 0 unspecified atom stereocenters. The number of hydrogen-bond acceptors (Lipinski definition) is 3. The van der Waals surface area contributed by atoms with Crippen LogP contribution < -0.4 is 10.6 Å². The van der Waals surface area contributed by atoms with E-state index in [4.69, 9.17) is 0 Å². The molecule has 1 atom stereocenters. The first-order valence-electron chi connectivity index (χ1n) is 10.6. The van der Waals surface area contributed by atoms with Crippen LogP contribution in [-0.4, -0.2) is 28.3 Å². The molecule has 1 saturated heterocycles. The van der Waals surface area contributed by atoms with Gasteiger partial charge in [0.25, 0.3) is 11.8 Å². The average molecular weight is 428 g/mol. The third kappa shape index (κ3) is 4.70. The zero-order valence-corrected chi connectivity index (χ0v) is 17.9. The fourth-order valence-corrected chi connectivity index (χ4v) is 3.77. The molecule has 0 bridgehead atoms. The molecule has 32 heavy (non-hydrogen) atoms. The lowest BCUT2D eigenvalue weighted by molar-refractivity contribution is -0.131. The van der Waals surface area contributed by atoms with Gasteiger partial charge in [0.05, 0.1) is 6.54 Å². The van der Waals surface area contributed by atoms with Crippen molar-refractivity contribution in [1.29, 1.82) is 0 Å². The Balaban J connectivity index is 1.38. The number of benzene rings is 3. The van der Waals surface area contributed by atoms with Crippen molar-refractivity contribution in [1.82, 2.24) is 10.2 Å². The molecule has 0 saturated carbocycles. The fourth-order valence-electron chi connectivity index (χ4n) is 3.77. The number of imide groups is 1. The number of urea groups is 1. The summed E-state index contributed by atoms with van der Waals surface area (Å²) >= 11 is 0. The van der Waals surface area contributed by atoms with Crippen LogP contribution in [0.15, 0.2) is 84.9 Å². The molecule has 0 aliphatic carbocycles. The number of rotatable bonds is 7. The second-order valence-electron chi connectivity index (χ2n) is 8.16. The van der Waals surface area contributed by atoms with Crippen molar-refractivity contribution in [3.63, 3.8) is 0 Å². The van der Waals surface area contributed by atoms with Crippen LogP contribution in [0, 0.1) is 0 Å². The third-order valence-corrected chi connectivity index (χ3v) is 5.69. The van der Waals surface area contributed by atoms with Gasteiger partial charge in [0.1, 0.15) is 5.54 Å². The van der Waals surface area contributed by atoms with Gasteiger partial charge in [-0.1, -0.05) is 60.7 Å². The van der Waals surface area contributed by atoms with Crippen molar-refractivity contribution in [2.75, 3.05) is 5.32 Å². The van der Waals surface area contributed by atoms with Crippen molar-refractivity contribution >= 4 is 23.5 Å². The Morgan fingerprint density at radius 3 is 2.16 bits per heavy atom. The molecule has 4 rings (SSSR count). The van der Waals surface area contributed by atoms with E-state index in [0.29, 0.717) is 18.4 Å². The Labute approximate surface area is 187 Å². The molecule has 1 aliphatic rings. The molecule has 162 valence electrons. The molecule has 2 N–H and O–H groups in total. The number of carbonyl (C=O) groups excluding carboxylic acids is 3. The molecular weight excluding hydrogens is 402 g/mol. The van der Waals surface area contributed by atoms with E-state index in [1.807, 2.05) is 60.7 Å². The zero-order valence-electron chi connectivity index (χ0n) is 17.9. The van der Waals surface area contributed by atoms with Gasteiger partial charge in [-0.3, -0.25) is 14.5 Å². The summed E-state index contributed by atoms with van der Waals surface area (Å²) in [5.74, 6) is -0.449. The van der Waals surface area contributed by atoms with Gasteiger partial charge >= 0.3 is 6.03 Å². The van der Waals surface area contributed by atoms with E-state index in [0.717, 1.165) is 16.8 Å². The van der Waals surface area contributed by atoms with E-state index in [-0.39, 0.29) is 18.4 Å². The summed E-state index contributed by atoms with van der Waals surface area (Å²) in [5, 5.41) is 5.69. The Kier molecular flexibility index (Phi) is 6.03. The SMILES string of the molecule is C[C@@]1(CCc2ccccc2)NC(=O)N(Cc2ccc(C(=O)Nc3ccccc3)cc2)C1=O. The molecule has 1 aliphatic heterocycles. The molecule has 0 aromatic heterocycles. The van der Waals surface area contributed by atoms with Gasteiger partial charge < -0.3 is 10.6 Å². The van der Waals surface area contributed by atoms with E-state index < -0.39 is 11.6 Å². The smallest absolute Gasteiger partial charge is 0.323 e. The highest BCUT2D eigenvalue weighted by atomic mass is 16.2. The summed E-state index contributed by atoms with van der Waals surface area (Å²) in [6.07, 6.45) is 1.22. The molecular formula is C26H25N3O3. The number of hydrogen-bond donors (Lipinski definition) is 2. The first kappa shape index (κ1) is 21.3. The van der Waals surface area contributed by atoms with E-state index in [1.165, 1.54) is 4.90 Å². The van der Waals surface area contributed by atoms with Crippen LogP contribution in [-0.2, 0) is 17.8 Å². The van der Waals surface area contributed by atoms with Gasteiger partial charge in [0.15, 0.2) is 0 Å². The summed E-state index contributed by atoms with van der Waals surface area (Å²) in [4.78, 5) is 39.2. The highest BCUT2D eigenvalue weighted by Crippen LogP contribution is 2.25.